The lowest BCUT2D eigenvalue weighted by Gasteiger charge is -2.27. The van der Waals surface area contributed by atoms with Crippen LogP contribution >= 0.6 is 0 Å². The molecule has 0 radical (unpaired) electrons. The maximum absolute atomic E-state index is 14.0. The average Bonchev–Trinajstić information content (AvgIpc) is 4.04. The van der Waals surface area contributed by atoms with Crippen LogP contribution in [-0.2, 0) is 29.2 Å². The van der Waals surface area contributed by atoms with Gasteiger partial charge in [0.2, 0.25) is 27.7 Å². The lowest BCUT2D eigenvalue weighted by atomic mass is 10.1. The quantitative estimate of drug-likeness (QED) is 0.201. The molecule has 4 amide bonds. The fourth-order valence-corrected chi connectivity index (χ4v) is 7.65. The summed E-state index contributed by atoms with van der Waals surface area (Å²) < 4.78 is 39.4. The molecule has 1 aliphatic heterocycles. The monoisotopic (exact) mass is 701 g/mol. The normalized spacial score (nSPS) is 22.7. The molecule has 3 aromatic rings. The topological polar surface area (TPSA) is 164 Å². The van der Waals surface area contributed by atoms with Crippen molar-refractivity contribution in [1.29, 1.82) is 0 Å². The minimum Gasteiger partial charge on any atom is -0.497 e. The molecule has 0 spiro atoms. The van der Waals surface area contributed by atoms with E-state index in [0.29, 0.717) is 40.9 Å². The molecule has 2 unspecified atom stereocenters. The van der Waals surface area contributed by atoms with Gasteiger partial charge in [0.05, 0.1) is 36.7 Å². The summed E-state index contributed by atoms with van der Waals surface area (Å²) in [6.07, 6.45) is 3.03. The lowest BCUT2D eigenvalue weighted by molar-refractivity contribution is -0.142. The van der Waals surface area contributed by atoms with Gasteiger partial charge in [0.25, 0.3) is 5.91 Å². The summed E-state index contributed by atoms with van der Waals surface area (Å²) in [7, 11) is -0.872. The van der Waals surface area contributed by atoms with E-state index in [0.717, 1.165) is 11.6 Å². The molecule has 2 aliphatic carbocycles. The minimum absolute atomic E-state index is 0.00613. The first-order chi connectivity index (χ1) is 23.9. The van der Waals surface area contributed by atoms with E-state index in [4.69, 9.17) is 14.5 Å². The number of carbonyl (C=O) groups is 4. The standard InChI is InChI=1S/C36H39N5O8S/c1-5-23-19-36(23,35(45)39-50(46,47)26-13-14-26)38-34(44)30-17-25(20-41(30)33(43)21-40(3)32(42)6-2)49-31-18-28(22-10-8-7-9-11-22)37-29-16-24(48-4)12-15-27(29)31/h5-12,15-16,18,23,25-26,30H,1-2,13-14,17,19-21H2,3-4H3,(H,38,44)(H,39,45)/t23-,25?,30?,36-/m1/s1. The maximum Gasteiger partial charge on any atom is 0.259 e. The number of fused-ring (bicyclic) bond motifs is 1. The van der Waals surface area contributed by atoms with Crippen molar-refractivity contribution in [3.05, 3.63) is 79.9 Å². The van der Waals surface area contributed by atoms with Crippen molar-refractivity contribution < 1.29 is 37.1 Å². The Kier molecular flexibility index (Phi) is 9.40. The molecule has 1 saturated heterocycles. The van der Waals surface area contributed by atoms with Crippen molar-refractivity contribution in [3.8, 4) is 22.8 Å². The van der Waals surface area contributed by atoms with Crippen molar-refractivity contribution in [3.63, 3.8) is 0 Å². The van der Waals surface area contributed by atoms with Crippen molar-refractivity contribution in [1.82, 2.24) is 24.8 Å². The highest BCUT2D eigenvalue weighted by molar-refractivity contribution is 7.91. The molecular formula is C36H39N5O8S. The van der Waals surface area contributed by atoms with Crippen LogP contribution < -0.4 is 19.5 Å². The Morgan fingerprint density at radius 1 is 1.10 bits per heavy atom. The SMILES string of the molecule is C=CC(=O)N(C)CC(=O)N1CC(Oc2cc(-c3ccccc3)nc3cc(OC)ccc23)CC1C(=O)N[C@]1(C(=O)NS(=O)(=O)C2CC2)C[C@H]1C=C. The number of amides is 4. The van der Waals surface area contributed by atoms with Crippen LogP contribution in [0.2, 0.25) is 0 Å². The van der Waals surface area contributed by atoms with Crippen LogP contribution in [0.5, 0.6) is 11.5 Å². The van der Waals surface area contributed by atoms with E-state index in [1.54, 1.807) is 25.3 Å². The third-order valence-electron chi connectivity index (χ3n) is 9.40. The van der Waals surface area contributed by atoms with Crippen LogP contribution in [0.25, 0.3) is 22.2 Å². The predicted octanol–water partition coefficient (Wildman–Crippen LogP) is 2.57. The van der Waals surface area contributed by atoms with E-state index in [-0.39, 0.29) is 25.9 Å². The van der Waals surface area contributed by atoms with E-state index in [1.807, 2.05) is 36.4 Å². The van der Waals surface area contributed by atoms with Crippen LogP contribution in [0.15, 0.2) is 79.9 Å². The van der Waals surface area contributed by atoms with E-state index in [2.05, 4.69) is 23.2 Å². The number of methoxy groups -OCH3 is 1. The van der Waals surface area contributed by atoms with Crippen molar-refractivity contribution >= 4 is 44.6 Å². The molecule has 2 heterocycles. The summed E-state index contributed by atoms with van der Waals surface area (Å²) in [6.45, 7) is 6.88. The third kappa shape index (κ3) is 6.93. The lowest BCUT2D eigenvalue weighted by Crippen LogP contribution is -2.57. The molecule has 3 fully saturated rings. The molecule has 14 heteroatoms. The number of pyridine rings is 1. The number of likely N-dealkylation sites (N-methyl/N-ethyl adjacent to an activating group) is 1. The summed E-state index contributed by atoms with van der Waals surface area (Å²) in [5.74, 6) is -1.91. The molecule has 2 aromatic carbocycles. The van der Waals surface area contributed by atoms with Gasteiger partial charge in [-0.15, -0.1) is 6.58 Å². The van der Waals surface area contributed by atoms with Crippen LogP contribution in [-0.4, -0.2) is 97.0 Å². The van der Waals surface area contributed by atoms with Gasteiger partial charge in [0.15, 0.2) is 0 Å². The van der Waals surface area contributed by atoms with Gasteiger partial charge in [-0.2, -0.15) is 0 Å². The Hall–Kier alpha value is -5.24. The second-order valence-electron chi connectivity index (χ2n) is 12.9. The number of nitrogens with zero attached hydrogens (tertiary/aromatic N) is 3. The van der Waals surface area contributed by atoms with Crippen molar-refractivity contribution in [2.75, 3.05) is 27.2 Å². The fraction of sp³-hybridized carbons (Fsp3) is 0.361. The zero-order chi connectivity index (χ0) is 35.8. The summed E-state index contributed by atoms with van der Waals surface area (Å²) >= 11 is 0. The number of likely N-dealkylation sites (tertiary alicyclic amines) is 1. The van der Waals surface area contributed by atoms with Crippen LogP contribution in [0.3, 0.4) is 0 Å². The van der Waals surface area contributed by atoms with Gasteiger partial charge < -0.3 is 24.6 Å². The smallest absolute Gasteiger partial charge is 0.259 e. The molecule has 50 heavy (non-hydrogen) atoms. The van der Waals surface area contributed by atoms with E-state index < -0.39 is 62.5 Å². The second kappa shape index (κ2) is 13.6. The predicted molar refractivity (Wildman–Crippen MR) is 185 cm³/mol. The van der Waals surface area contributed by atoms with E-state index >= 15 is 0 Å². The zero-order valence-corrected chi connectivity index (χ0v) is 28.6. The van der Waals surface area contributed by atoms with Gasteiger partial charge in [-0.05, 0) is 37.5 Å². The van der Waals surface area contributed by atoms with Gasteiger partial charge in [-0.3, -0.25) is 23.9 Å². The molecule has 0 bridgehead atoms. The van der Waals surface area contributed by atoms with Gasteiger partial charge in [0, 0.05) is 42.5 Å². The Labute approximate surface area is 290 Å². The second-order valence-corrected chi connectivity index (χ2v) is 14.8. The first kappa shape index (κ1) is 34.6. The number of benzene rings is 2. The van der Waals surface area contributed by atoms with Gasteiger partial charge in [0.1, 0.15) is 29.2 Å². The average molecular weight is 702 g/mol. The maximum atomic E-state index is 14.0. The molecule has 4 atom stereocenters. The number of carbonyl (C=O) groups excluding carboxylic acids is 4. The summed E-state index contributed by atoms with van der Waals surface area (Å²) in [5, 5.41) is 2.82. The minimum atomic E-state index is -3.88. The first-order valence-electron chi connectivity index (χ1n) is 16.3. The molecule has 262 valence electrons. The number of ether oxygens (including phenoxy) is 2. The highest BCUT2D eigenvalue weighted by atomic mass is 32.2. The third-order valence-corrected chi connectivity index (χ3v) is 11.2. The highest BCUT2D eigenvalue weighted by Crippen LogP contribution is 2.45. The van der Waals surface area contributed by atoms with Gasteiger partial charge >= 0.3 is 0 Å². The first-order valence-corrected chi connectivity index (χ1v) is 17.8. The van der Waals surface area contributed by atoms with Crippen LogP contribution in [0, 0.1) is 5.92 Å². The molecule has 2 saturated carbocycles. The van der Waals surface area contributed by atoms with E-state index in [1.165, 1.54) is 22.9 Å². The Morgan fingerprint density at radius 3 is 2.48 bits per heavy atom. The molecule has 2 N–H and O–H groups in total. The van der Waals surface area contributed by atoms with Crippen molar-refractivity contribution in [2.45, 2.75) is 48.6 Å². The Balaban J connectivity index is 1.29. The number of nitrogens with one attached hydrogen (secondary N) is 2. The number of hydrogen-bond acceptors (Lipinski definition) is 9. The van der Waals surface area contributed by atoms with Gasteiger partial charge in [-0.25, -0.2) is 13.4 Å². The fourth-order valence-electron chi connectivity index (χ4n) is 6.29. The highest BCUT2D eigenvalue weighted by Gasteiger charge is 2.62. The number of sulfonamides is 1. The number of rotatable bonds is 13. The van der Waals surface area contributed by atoms with Crippen LogP contribution in [0.4, 0.5) is 0 Å². The zero-order valence-electron chi connectivity index (χ0n) is 27.8. The number of hydrogen-bond donors (Lipinski definition) is 2. The summed E-state index contributed by atoms with van der Waals surface area (Å²) in [6, 6.07) is 15.6. The summed E-state index contributed by atoms with van der Waals surface area (Å²) in [5.41, 5.74) is 0.578. The Bertz CT molecular complexity index is 1980. The molecule has 1 aromatic heterocycles. The van der Waals surface area contributed by atoms with Crippen LogP contribution in [0.1, 0.15) is 25.7 Å². The van der Waals surface area contributed by atoms with E-state index in [9.17, 15) is 27.6 Å². The molecule has 13 nitrogen and oxygen atoms in total. The molecule has 3 aliphatic rings. The number of aromatic nitrogens is 1. The summed E-state index contributed by atoms with van der Waals surface area (Å²) in [4.78, 5) is 60.6. The largest absolute Gasteiger partial charge is 0.497 e. The van der Waals surface area contributed by atoms with Gasteiger partial charge in [-0.1, -0.05) is 43.0 Å². The Morgan fingerprint density at radius 2 is 1.84 bits per heavy atom. The van der Waals surface area contributed by atoms with Crippen molar-refractivity contribution in [2.24, 2.45) is 5.92 Å². The molecular weight excluding hydrogens is 662 g/mol. The molecule has 6 rings (SSSR count).